The van der Waals surface area contributed by atoms with Crippen LogP contribution in [0, 0.1) is 0 Å². The number of rotatable bonds is 5. The summed E-state index contributed by atoms with van der Waals surface area (Å²) in [6.07, 6.45) is 3.05. The van der Waals surface area contributed by atoms with Crippen molar-refractivity contribution in [2.45, 2.75) is 19.8 Å². The molecular weight excluding hydrogens is 384 g/mol. The number of anilines is 1. The van der Waals surface area contributed by atoms with Crippen molar-refractivity contribution >= 4 is 52.6 Å². The highest BCUT2D eigenvalue weighted by Crippen LogP contribution is 2.23. The van der Waals surface area contributed by atoms with Gasteiger partial charge in [0, 0.05) is 6.08 Å². The Morgan fingerprint density at radius 3 is 2.41 bits per heavy atom. The lowest BCUT2D eigenvalue weighted by molar-refractivity contribution is -0.115. The highest BCUT2D eigenvalue weighted by molar-refractivity contribution is 7.80. The van der Waals surface area contributed by atoms with Crippen molar-refractivity contribution in [3.63, 3.8) is 0 Å². The molecule has 7 heteroatoms. The van der Waals surface area contributed by atoms with Gasteiger partial charge < -0.3 is 10.4 Å². The van der Waals surface area contributed by atoms with Gasteiger partial charge in [0.25, 0.3) is 0 Å². The molecule has 27 heavy (non-hydrogen) atoms. The lowest BCUT2D eigenvalue weighted by Gasteiger charge is -2.10. The van der Waals surface area contributed by atoms with E-state index in [2.05, 4.69) is 24.5 Å². The molecule has 0 bridgehead atoms. The molecule has 0 aliphatic heterocycles. The normalized spacial score (nSPS) is 10.8. The summed E-state index contributed by atoms with van der Waals surface area (Å²) in [5.74, 6) is -1.05. The van der Waals surface area contributed by atoms with Crippen LogP contribution in [0.15, 0.2) is 48.5 Å². The average Bonchev–Trinajstić information content (AvgIpc) is 2.62. The molecule has 0 aliphatic rings. The van der Waals surface area contributed by atoms with Gasteiger partial charge in [-0.25, -0.2) is 4.79 Å². The molecule has 0 aromatic heterocycles. The van der Waals surface area contributed by atoms with Crippen LogP contribution in [0.5, 0.6) is 0 Å². The second-order valence-electron chi connectivity index (χ2n) is 6.10. The SMILES string of the molecule is CC(C)c1ccc(/C=C/C(=O)NC(=S)Nc2cc(C(=O)O)ccc2Cl)cc1. The van der Waals surface area contributed by atoms with E-state index in [4.69, 9.17) is 28.9 Å². The highest BCUT2D eigenvalue weighted by atomic mass is 35.5. The second kappa shape index (κ2) is 9.30. The van der Waals surface area contributed by atoms with Crippen molar-refractivity contribution in [1.82, 2.24) is 5.32 Å². The van der Waals surface area contributed by atoms with E-state index >= 15 is 0 Å². The standard InChI is InChI=1S/C20H19ClN2O3S/c1-12(2)14-6-3-13(4-7-14)5-10-18(24)23-20(27)22-17-11-15(19(25)26)8-9-16(17)21/h3-12H,1-2H3,(H,25,26)(H2,22,23,24,27)/b10-5+. The average molecular weight is 403 g/mol. The first kappa shape index (κ1) is 20.6. The molecule has 0 saturated carbocycles. The van der Waals surface area contributed by atoms with Crippen molar-refractivity contribution in [2.75, 3.05) is 5.32 Å². The molecule has 0 fully saturated rings. The van der Waals surface area contributed by atoms with Gasteiger partial charge in [-0.2, -0.15) is 0 Å². The maximum Gasteiger partial charge on any atom is 0.335 e. The summed E-state index contributed by atoms with van der Waals surface area (Å²) in [6, 6.07) is 12.1. The molecule has 0 radical (unpaired) electrons. The number of carboxylic acids is 1. The molecule has 140 valence electrons. The minimum atomic E-state index is -1.09. The van der Waals surface area contributed by atoms with Crippen LogP contribution in [0.3, 0.4) is 0 Å². The monoisotopic (exact) mass is 402 g/mol. The van der Waals surface area contributed by atoms with Crippen LogP contribution in [-0.4, -0.2) is 22.1 Å². The topological polar surface area (TPSA) is 78.4 Å². The van der Waals surface area contributed by atoms with Crippen LogP contribution in [0.4, 0.5) is 5.69 Å². The zero-order chi connectivity index (χ0) is 20.0. The first-order chi connectivity index (χ1) is 12.8. The van der Waals surface area contributed by atoms with Gasteiger partial charge in [-0.3, -0.25) is 10.1 Å². The minimum Gasteiger partial charge on any atom is -0.478 e. The number of thiocarbonyl (C=S) groups is 1. The zero-order valence-corrected chi connectivity index (χ0v) is 16.4. The molecule has 2 rings (SSSR count). The second-order valence-corrected chi connectivity index (χ2v) is 6.91. The van der Waals surface area contributed by atoms with Gasteiger partial charge in [0.05, 0.1) is 16.3 Å². The molecule has 0 heterocycles. The number of carbonyl (C=O) groups excluding carboxylic acids is 1. The quantitative estimate of drug-likeness (QED) is 0.499. The maximum atomic E-state index is 12.0. The molecule has 2 aromatic rings. The number of carboxylic acid groups (broad SMARTS) is 1. The molecule has 1 amide bonds. The fourth-order valence-electron chi connectivity index (χ4n) is 2.23. The highest BCUT2D eigenvalue weighted by Gasteiger charge is 2.09. The molecule has 0 unspecified atom stereocenters. The number of benzene rings is 2. The Balaban J connectivity index is 1.96. The van der Waals surface area contributed by atoms with Crippen molar-refractivity contribution in [3.05, 3.63) is 70.3 Å². The summed E-state index contributed by atoms with van der Waals surface area (Å²) in [6.45, 7) is 4.23. The minimum absolute atomic E-state index is 0.0178. The molecule has 0 spiro atoms. The summed E-state index contributed by atoms with van der Waals surface area (Å²) in [5, 5.41) is 14.5. The van der Waals surface area contributed by atoms with E-state index in [1.54, 1.807) is 6.08 Å². The lowest BCUT2D eigenvalue weighted by Crippen LogP contribution is -2.32. The van der Waals surface area contributed by atoms with E-state index in [0.29, 0.717) is 11.6 Å². The third-order valence-corrected chi connectivity index (χ3v) is 4.26. The summed E-state index contributed by atoms with van der Waals surface area (Å²) in [4.78, 5) is 23.0. The zero-order valence-electron chi connectivity index (χ0n) is 14.8. The van der Waals surface area contributed by atoms with E-state index in [1.807, 2.05) is 24.3 Å². The Morgan fingerprint density at radius 2 is 1.81 bits per heavy atom. The van der Waals surface area contributed by atoms with E-state index in [9.17, 15) is 9.59 Å². The predicted octanol–water partition coefficient (Wildman–Crippen LogP) is 4.69. The lowest BCUT2D eigenvalue weighted by atomic mass is 10.0. The van der Waals surface area contributed by atoms with Crippen LogP contribution in [0.2, 0.25) is 5.02 Å². The van der Waals surface area contributed by atoms with E-state index in [-0.39, 0.29) is 15.7 Å². The largest absolute Gasteiger partial charge is 0.478 e. The van der Waals surface area contributed by atoms with Gasteiger partial charge in [-0.05, 0) is 53.5 Å². The maximum absolute atomic E-state index is 12.0. The molecule has 0 saturated heterocycles. The number of carbonyl (C=O) groups is 2. The van der Waals surface area contributed by atoms with Crippen LogP contribution < -0.4 is 10.6 Å². The fraction of sp³-hybridized carbons (Fsp3) is 0.150. The van der Waals surface area contributed by atoms with Gasteiger partial charge in [0.15, 0.2) is 5.11 Å². The molecular formula is C20H19ClN2O3S. The van der Waals surface area contributed by atoms with Gasteiger partial charge in [-0.1, -0.05) is 49.7 Å². The van der Waals surface area contributed by atoms with Crippen LogP contribution in [0.1, 0.15) is 41.3 Å². The number of halogens is 1. The Labute approximate surface area is 168 Å². The van der Waals surface area contributed by atoms with E-state index in [0.717, 1.165) is 5.56 Å². The molecule has 0 atom stereocenters. The summed E-state index contributed by atoms with van der Waals surface area (Å²) < 4.78 is 0. The number of hydrogen-bond donors (Lipinski definition) is 3. The predicted molar refractivity (Wildman–Crippen MR) is 112 cm³/mol. The Bertz CT molecular complexity index is 893. The first-order valence-electron chi connectivity index (χ1n) is 8.19. The van der Waals surface area contributed by atoms with Gasteiger partial charge in [0.1, 0.15) is 0 Å². The van der Waals surface area contributed by atoms with E-state index in [1.165, 1.54) is 29.8 Å². The third-order valence-electron chi connectivity index (χ3n) is 3.73. The van der Waals surface area contributed by atoms with Gasteiger partial charge in [-0.15, -0.1) is 0 Å². The van der Waals surface area contributed by atoms with Crippen molar-refractivity contribution in [2.24, 2.45) is 0 Å². The van der Waals surface area contributed by atoms with Gasteiger partial charge in [0.2, 0.25) is 5.91 Å². The smallest absolute Gasteiger partial charge is 0.335 e. The van der Waals surface area contributed by atoms with Crippen LogP contribution in [-0.2, 0) is 4.79 Å². The summed E-state index contributed by atoms with van der Waals surface area (Å²) in [5.41, 5.74) is 2.48. The van der Waals surface area contributed by atoms with Crippen LogP contribution in [0.25, 0.3) is 6.08 Å². The Hall–Kier alpha value is -2.70. The number of amides is 1. The third kappa shape index (κ3) is 6.20. The number of nitrogens with one attached hydrogen (secondary N) is 2. The van der Waals surface area contributed by atoms with Crippen molar-refractivity contribution in [1.29, 1.82) is 0 Å². The first-order valence-corrected chi connectivity index (χ1v) is 8.97. The molecule has 0 aliphatic carbocycles. The number of aromatic carboxylic acids is 1. The molecule has 5 nitrogen and oxygen atoms in total. The summed E-state index contributed by atoms with van der Waals surface area (Å²) >= 11 is 11.1. The van der Waals surface area contributed by atoms with Crippen LogP contribution >= 0.6 is 23.8 Å². The Kier molecular flexibility index (Phi) is 7.10. The fourth-order valence-corrected chi connectivity index (χ4v) is 2.60. The van der Waals surface area contributed by atoms with E-state index < -0.39 is 11.9 Å². The van der Waals surface area contributed by atoms with Gasteiger partial charge >= 0.3 is 5.97 Å². The number of hydrogen-bond acceptors (Lipinski definition) is 3. The molecule has 3 N–H and O–H groups in total. The Morgan fingerprint density at radius 1 is 1.15 bits per heavy atom. The summed E-state index contributed by atoms with van der Waals surface area (Å²) in [7, 11) is 0. The van der Waals surface area contributed by atoms with Crippen molar-refractivity contribution < 1.29 is 14.7 Å². The molecule has 2 aromatic carbocycles. The van der Waals surface area contributed by atoms with Crippen molar-refractivity contribution in [3.8, 4) is 0 Å².